The Morgan fingerprint density at radius 3 is 2.73 bits per heavy atom. The quantitative estimate of drug-likeness (QED) is 0.470. The third kappa shape index (κ3) is 6.75. The lowest BCUT2D eigenvalue weighted by Gasteiger charge is -2.38. The van der Waals surface area contributed by atoms with Crippen LogP contribution in [0.15, 0.2) is 60.5 Å². The molecule has 162 valence electrons. The van der Waals surface area contributed by atoms with Gasteiger partial charge in [-0.2, -0.15) is 0 Å². The van der Waals surface area contributed by atoms with Gasteiger partial charge in [-0.1, -0.05) is 55.8 Å². The summed E-state index contributed by atoms with van der Waals surface area (Å²) in [6.45, 7) is 7.97. The summed E-state index contributed by atoms with van der Waals surface area (Å²) in [4.78, 5) is 29.0. The number of rotatable bonds is 9. The molecule has 2 rings (SSSR count). The van der Waals surface area contributed by atoms with E-state index in [2.05, 4.69) is 18.8 Å². The first kappa shape index (κ1) is 23.7. The number of unbranched alkanes of at least 4 members (excludes halogenated alkanes) is 2. The van der Waals surface area contributed by atoms with Gasteiger partial charge < -0.3 is 19.9 Å². The normalized spacial score (nSPS) is 15.0. The Hall–Kier alpha value is -2.57. The highest BCUT2D eigenvalue weighted by atomic mass is 35.5. The lowest BCUT2D eigenvalue weighted by molar-refractivity contribution is -0.126. The maximum Gasteiger partial charge on any atom is 0.271 e. The fraction of sp³-hybridized carbons (Fsp3) is 0.391. The molecule has 6 nitrogen and oxygen atoms in total. The molecule has 0 spiro atoms. The molecule has 2 amide bonds. The minimum absolute atomic E-state index is 0.0927. The number of benzene rings is 1. The molecule has 0 bridgehead atoms. The van der Waals surface area contributed by atoms with E-state index in [0.717, 1.165) is 19.3 Å². The Morgan fingerprint density at radius 1 is 1.30 bits per heavy atom. The van der Waals surface area contributed by atoms with Crippen LogP contribution in [0.4, 0.5) is 5.69 Å². The van der Waals surface area contributed by atoms with Crippen LogP contribution in [-0.2, 0) is 14.3 Å². The molecular weight excluding hydrogens is 402 g/mol. The zero-order valence-corrected chi connectivity index (χ0v) is 18.5. The van der Waals surface area contributed by atoms with Crippen molar-refractivity contribution in [1.29, 1.82) is 0 Å². The van der Waals surface area contributed by atoms with Crippen molar-refractivity contribution in [1.82, 2.24) is 9.80 Å². The van der Waals surface area contributed by atoms with Gasteiger partial charge in [0.05, 0.1) is 23.9 Å². The SMILES string of the molecule is C=C1CN(C(=O)/C=C/COC)CCN1/C(=C\CCCC)C(=O)Nc1ccccc1Cl. The number of halogens is 1. The minimum atomic E-state index is -0.236. The van der Waals surface area contributed by atoms with E-state index in [4.69, 9.17) is 16.3 Å². The maximum absolute atomic E-state index is 13.1. The van der Waals surface area contributed by atoms with Gasteiger partial charge in [-0.25, -0.2) is 0 Å². The van der Waals surface area contributed by atoms with E-state index in [1.165, 1.54) is 6.08 Å². The third-order valence-corrected chi connectivity index (χ3v) is 5.05. The average Bonchev–Trinajstić information content (AvgIpc) is 2.73. The van der Waals surface area contributed by atoms with Crippen LogP contribution in [0.25, 0.3) is 0 Å². The van der Waals surface area contributed by atoms with Crippen LogP contribution in [0.1, 0.15) is 26.2 Å². The second-order valence-electron chi connectivity index (χ2n) is 7.00. The molecule has 0 radical (unpaired) electrons. The predicted octanol–water partition coefficient (Wildman–Crippen LogP) is 4.21. The zero-order valence-electron chi connectivity index (χ0n) is 17.7. The summed E-state index contributed by atoms with van der Waals surface area (Å²) < 4.78 is 4.93. The van der Waals surface area contributed by atoms with Gasteiger partial charge in [-0.15, -0.1) is 0 Å². The minimum Gasteiger partial charge on any atom is -0.381 e. The van der Waals surface area contributed by atoms with Gasteiger partial charge in [0, 0.05) is 32.0 Å². The smallest absolute Gasteiger partial charge is 0.271 e. The highest BCUT2D eigenvalue weighted by molar-refractivity contribution is 6.33. The molecule has 7 heteroatoms. The molecule has 1 saturated heterocycles. The summed E-state index contributed by atoms with van der Waals surface area (Å²) in [5, 5.41) is 3.38. The number of hydrogen-bond acceptors (Lipinski definition) is 4. The Bertz CT molecular complexity index is 820. The van der Waals surface area contributed by atoms with Gasteiger partial charge in [0.1, 0.15) is 5.70 Å². The molecule has 1 aromatic carbocycles. The number of ether oxygens (including phenoxy) is 1. The molecule has 0 aliphatic carbocycles. The van der Waals surface area contributed by atoms with Gasteiger partial charge in [0.15, 0.2) is 0 Å². The highest BCUT2D eigenvalue weighted by Gasteiger charge is 2.27. The Kier molecular flexibility index (Phi) is 9.64. The summed E-state index contributed by atoms with van der Waals surface area (Å²) in [5.41, 5.74) is 1.80. The number of carbonyl (C=O) groups excluding carboxylic acids is 2. The van der Waals surface area contributed by atoms with Crippen molar-refractivity contribution in [2.45, 2.75) is 26.2 Å². The van der Waals surface area contributed by atoms with Gasteiger partial charge in [-0.05, 0) is 25.0 Å². The first-order chi connectivity index (χ1) is 14.5. The number of anilines is 1. The predicted molar refractivity (Wildman–Crippen MR) is 121 cm³/mol. The molecule has 0 unspecified atom stereocenters. The van der Waals surface area contributed by atoms with Crippen LogP contribution < -0.4 is 5.32 Å². The number of amides is 2. The summed E-state index contributed by atoms with van der Waals surface area (Å²) in [7, 11) is 1.58. The monoisotopic (exact) mass is 431 g/mol. The number of piperazine rings is 1. The topological polar surface area (TPSA) is 61.9 Å². The largest absolute Gasteiger partial charge is 0.381 e. The zero-order chi connectivity index (χ0) is 21.9. The highest BCUT2D eigenvalue weighted by Crippen LogP contribution is 2.24. The number of allylic oxidation sites excluding steroid dienone is 1. The molecule has 1 aromatic rings. The molecule has 30 heavy (non-hydrogen) atoms. The van der Waals surface area contributed by atoms with E-state index in [1.807, 2.05) is 23.1 Å². The van der Waals surface area contributed by atoms with Gasteiger partial charge in [0.2, 0.25) is 5.91 Å². The molecular formula is C23H30ClN3O3. The van der Waals surface area contributed by atoms with E-state index < -0.39 is 0 Å². The average molecular weight is 432 g/mol. The van der Waals surface area contributed by atoms with Crippen LogP contribution in [0.5, 0.6) is 0 Å². The van der Waals surface area contributed by atoms with Crippen molar-refractivity contribution in [3.63, 3.8) is 0 Å². The number of nitrogens with one attached hydrogen (secondary N) is 1. The third-order valence-electron chi connectivity index (χ3n) is 4.72. The molecule has 0 aromatic heterocycles. The van der Waals surface area contributed by atoms with E-state index >= 15 is 0 Å². The maximum atomic E-state index is 13.1. The van der Waals surface area contributed by atoms with Crippen molar-refractivity contribution in [3.05, 3.63) is 65.5 Å². The number of hydrogen-bond donors (Lipinski definition) is 1. The molecule has 1 heterocycles. The van der Waals surface area contributed by atoms with Gasteiger partial charge in [-0.3, -0.25) is 9.59 Å². The van der Waals surface area contributed by atoms with E-state index in [0.29, 0.717) is 48.3 Å². The van der Waals surface area contributed by atoms with Gasteiger partial charge in [0.25, 0.3) is 5.91 Å². The van der Waals surface area contributed by atoms with Crippen LogP contribution in [0, 0.1) is 0 Å². The van der Waals surface area contributed by atoms with Crippen molar-refractivity contribution < 1.29 is 14.3 Å². The summed E-state index contributed by atoms with van der Waals surface area (Å²) >= 11 is 6.20. The van der Waals surface area contributed by atoms with E-state index in [1.54, 1.807) is 30.2 Å². The molecule has 1 N–H and O–H groups in total. The second-order valence-corrected chi connectivity index (χ2v) is 7.41. The number of nitrogens with zero attached hydrogens (tertiary/aromatic N) is 2. The summed E-state index contributed by atoms with van der Waals surface area (Å²) in [5.74, 6) is -0.329. The number of methoxy groups -OCH3 is 1. The van der Waals surface area contributed by atoms with Crippen molar-refractivity contribution in [3.8, 4) is 0 Å². The Balaban J connectivity index is 2.12. The molecule has 1 aliphatic rings. The van der Waals surface area contributed by atoms with Crippen LogP contribution in [-0.4, -0.2) is 55.0 Å². The van der Waals surface area contributed by atoms with E-state index in [9.17, 15) is 9.59 Å². The standard InChI is InChI=1S/C23H30ClN3O3/c1-4-5-6-12-21(23(29)25-20-11-8-7-10-19(20)24)27-15-14-26(17-18(27)2)22(28)13-9-16-30-3/h7-13H,2,4-6,14-17H2,1,3H3,(H,25,29)/b13-9+,21-12-. The Morgan fingerprint density at radius 2 is 2.07 bits per heavy atom. The Labute approximate surface area is 183 Å². The first-order valence-electron chi connectivity index (χ1n) is 10.1. The van der Waals surface area contributed by atoms with Gasteiger partial charge >= 0.3 is 0 Å². The van der Waals surface area contributed by atoms with E-state index in [-0.39, 0.29) is 11.8 Å². The van der Waals surface area contributed by atoms with Crippen LogP contribution >= 0.6 is 11.6 Å². The summed E-state index contributed by atoms with van der Waals surface area (Å²) in [6, 6.07) is 7.14. The van der Waals surface area contributed by atoms with Crippen LogP contribution in [0.2, 0.25) is 5.02 Å². The molecule has 1 fully saturated rings. The number of carbonyl (C=O) groups is 2. The molecule has 0 saturated carbocycles. The second kappa shape index (κ2) is 12.2. The lowest BCUT2D eigenvalue weighted by atomic mass is 10.1. The number of para-hydroxylation sites is 1. The van der Waals surface area contributed by atoms with Crippen molar-refractivity contribution in [2.24, 2.45) is 0 Å². The lowest BCUT2D eigenvalue weighted by Crippen LogP contribution is -2.47. The fourth-order valence-electron chi connectivity index (χ4n) is 3.11. The first-order valence-corrected chi connectivity index (χ1v) is 10.5. The fourth-order valence-corrected chi connectivity index (χ4v) is 3.29. The van der Waals surface area contributed by atoms with Crippen molar-refractivity contribution >= 4 is 29.1 Å². The van der Waals surface area contributed by atoms with Crippen molar-refractivity contribution in [2.75, 3.05) is 38.7 Å². The molecule has 1 aliphatic heterocycles. The summed E-state index contributed by atoms with van der Waals surface area (Å²) in [6.07, 6.45) is 7.94. The molecule has 0 atom stereocenters. The van der Waals surface area contributed by atoms with Crippen LogP contribution in [0.3, 0.4) is 0 Å².